The van der Waals surface area contributed by atoms with Crippen LogP contribution in [0.5, 0.6) is 0 Å². The van der Waals surface area contributed by atoms with Crippen LogP contribution in [-0.2, 0) is 14.4 Å². The molecule has 1 N–H and O–H groups in total. The van der Waals surface area contributed by atoms with Crippen LogP contribution in [0.1, 0.15) is 60.3 Å². The van der Waals surface area contributed by atoms with Crippen LogP contribution in [0.4, 0.5) is 0 Å². The Morgan fingerprint density at radius 1 is 1.23 bits per heavy atom. The van der Waals surface area contributed by atoms with Gasteiger partial charge in [0, 0.05) is 5.59 Å². The first-order valence-corrected chi connectivity index (χ1v) is 8.12. The molecule has 1 aliphatic rings. The van der Waals surface area contributed by atoms with Crippen molar-refractivity contribution < 1.29 is 19.3 Å². The molecular formula is C15H30N3O4+. The second kappa shape index (κ2) is 8.31. The van der Waals surface area contributed by atoms with E-state index in [1.165, 1.54) is 0 Å². The lowest BCUT2D eigenvalue weighted by atomic mass is 9.87. The highest BCUT2D eigenvalue weighted by Gasteiger charge is 2.34. The van der Waals surface area contributed by atoms with Gasteiger partial charge in [0.2, 0.25) is 0 Å². The summed E-state index contributed by atoms with van der Waals surface area (Å²) in [6, 6.07) is 0. The summed E-state index contributed by atoms with van der Waals surface area (Å²) in [4.78, 5) is 29.9. The molecule has 0 aromatic rings. The fraction of sp³-hybridized carbons (Fsp3) is 0.933. The van der Waals surface area contributed by atoms with Crippen LogP contribution >= 0.6 is 0 Å². The molecule has 0 spiro atoms. The summed E-state index contributed by atoms with van der Waals surface area (Å²) in [6.45, 7) is 10.6. The smallest absolute Gasteiger partial charge is 0.308 e. The van der Waals surface area contributed by atoms with Gasteiger partial charge in [-0.2, -0.15) is 0 Å². The van der Waals surface area contributed by atoms with Crippen molar-refractivity contribution in [1.29, 1.82) is 0 Å². The van der Waals surface area contributed by atoms with E-state index < -0.39 is 0 Å². The molecule has 0 aliphatic heterocycles. The van der Waals surface area contributed by atoms with Gasteiger partial charge in [0.05, 0.1) is 35.6 Å². The van der Waals surface area contributed by atoms with E-state index in [-0.39, 0.29) is 23.5 Å². The molecule has 1 fully saturated rings. The maximum atomic E-state index is 12.1. The van der Waals surface area contributed by atoms with Crippen molar-refractivity contribution in [3.63, 3.8) is 0 Å². The molecule has 0 saturated heterocycles. The minimum atomic E-state index is -0.283. The van der Waals surface area contributed by atoms with Crippen molar-refractivity contribution in [3.8, 4) is 0 Å². The fourth-order valence-electron chi connectivity index (χ4n) is 2.72. The summed E-state index contributed by atoms with van der Waals surface area (Å²) in [5.41, 5.74) is 2.18. The highest BCUT2D eigenvalue weighted by Crippen LogP contribution is 2.26. The highest BCUT2D eigenvalue weighted by atomic mass is 16.7. The van der Waals surface area contributed by atoms with Crippen LogP contribution < -0.4 is 5.59 Å². The molecule has 0 bridgehead atoms. The number of carbonyl (C=O) groups excluding carboxylic acids is 1. The van der Waals surface area contributed by atoms with Gasteiger partial charge >= 0.3 is 5.97 Å². The molecule has 0 heterocycles. The molecule has 0 amide bonds. The van der Waals surface area contributed by atoms with Gasteiger partial charge in [-0.25, -0.2) is 4.84 Å². The molecule has 0 aromatic carbocycles. The number of hydrogen-bond donors (Lipinski definition) is 1. The quantitative estimate of drug-likeness (QED) is 0.442. The van der Waals surface area contributed by atoms with Crippen LogP contribution in [0.3, 0.4) is 0 Å². The molecule has 1 rings (SSSR count). The van der Waals surface area contributed by atoms with E-state index in [1.54, 1.807) is 5.01 Å². The summed E-state index contributed by atoms with van der Waals surface area (Å²) in [5.74, 6) is -0.158. The summed E-state index contributed by atoms with van der Waals surface area (Å²) >= 11 is 0. The normalized spacial score (nSPS) is 22.0. The lowest BCUT2D eigenvalue weighted by molar-refractivity contribution is -0.801. The van der Waals surface area contributed by atoms with Crippen LogP contribution in [0, 0.1) is 10.8 Å². The molecule has 0 aromatic heterocycles. The van der Waals surface area contributed by atoms with E-state index in [4.69, 9.17) is 9.57 Å². The maximum Gasteiger partial charge on any atom is 0.308 e. The summed E-state index contributed by atoms with van der Waals surface area (Å²) in [5, 5.41) is 1.64. The van der Waals surface area contributed by atoms with Gasteiger partial charge in [-0.15, -0.1) is 5.01 Å². The standard InChI is InChI=1S/C15H30N3O4/c1-6-17(15(3,4)5)18(20)16-22-13-10-8-12(9-11-13)14(19)21-7-2/h12-13H,6-11H2,1-5H3,(H,16,20)/q+1. The lowest BCUT2D eigenvalue weighted by Gasteiger charge is -2.28. The van der Waals surface area contributed by atoms with Crippen molar-refractivity contribution in [2.45, 2.75) is 71.9 Å². The van der Waals surface area contributed by atoms with Crippen LogP contribution in [0.2, 0.25) is 0 Å². The number of rotatable bonds is 7. The molecule has 128 valence electrons. The number of nitrogens with zero attached hydrogens (tertiary/aromatic N) is 2. The van der Waals surface area contributed by atoms with Crippen LogP contribution in [0.25, 0.3) is 0 Å². The molecule has 1 aliphatic carbocycles. The zero-order chi connectivity index (χ0) is 16.8. The molecule has 7 heteroatoms. The Bertz CT molecular complexity index is 373. The second-order valence-electron chi connectivity index (χ2n) is 6.59. The van der Waals surface area contributed by atoms with Crippen molar-refractivity contribution in [2.24, 2.45) is 5.92 Å². The fourth-order valence-corrected chi connectivity index (χ4v) is 2.72. The van der Waals surface area contributed by atoms with Gasteiger partial charge in [-0.3, -0.25) is 4.79 Å². The molecule has 1 saturated carbocycles. The average Bonchev–Trinajstić information content (AvgIpc) is 2.45. The van der Waals surface area contributed by atoms with E-state index in [0.717, 1.165) is 25.7 Å². The zero-order valence-corrected chi connectivity index (χ0v) is 14.4. The Hall–Kier alpha value is -1.37. The second-order valence-corrected chi connectivity index (χ2v) is 6.59. The predicted octanol–water partition coefficient (Wildman–Crippen LogP) is 2.36. The van der Waals surface area contributed by atoms with Gasteiger partial charge in [0.15, 0.2) is 0 Å². The van der Waals surface area contributed by atoms with Crippen LogP contribution in [-0.4, -0.2) is 40.8 Å². The van der Waals surface area contributed by atoms with Crippen molar-refractivity contribution in [3.05, 3.63) is 4.91 Å². The van der Waals surface area contributed by atoms with E-state index in [0.29, 0.717) is 18.1 Å². The van der Waals surface area contributed by atoms with Gasteiger partial charge in [0.25, 0.3) is 4.98 Å². The van der Waals surface area contributed by atoms with Gasteiger partial charge < -0.3 is 4.74 Å². The molecule has 0 unspecified atom stereocenters. The van der Waals surface area contributed by atoms with Crippen molar-refractivity contribution in [2.75, 3.05) is 13.2 Å². The number of hydrogen-bond acceptors (Lipinski definition) is 4. The topological polar surface area (TPSA) is 70.9 Å². The van der Waals surface area contributed by atoms with E-state index >= 15 is 0 Å². The number of carbonyl (C=O) groups is 1. The molecular weight excluding hydrogens is 286 g/mol. The Balaban J connectivity index is 2.35. The van der Waals surface area contributed by atoms with E-state index in [2.05, 4.69) is 5.59 Å². The minimum Gasteiger partial charge on any atom is -0.466 e. The van der Waals surface area contributed by atoms with E-state index in [1.807, 2.05) is 34.6 Å². The predicted molar refractivity (Wildman–Crippen MR) is 82.4 cm³/mol. The third-order valence-corrected chi connectivity index (χ3v) is 3.88. The molecule has 22 heavy (non-hydrogen) atoms. The number of nitrogens with one attached hydrogen (secondary N) is 1. The summed E-state index contributed by atoms with van der Waals surface area (Å²) < 4.78 is 5.04. The van der Waals surface area contributed by atoms with Gasteiger partial charge in [-0.1, -0.05) is 0 Å². The van der Waals surface area contributed by atoms with Gasteiger partial charge in [0.1, 0.15) is 0 Å². The third kappa shape index (κ3) is 5.44. The Morgan fingerprint density at radius 2 is 1.82 bits per heavy atom. The number of hydrazine groups is 2. The first-order chi connectivity index (χ1) is 10.3. The van der Waals surface area contributed by atoms with Gasteiger partial charge in [-0.05, 0) is 60.3 Å². The number of esters is 1. The Labute approximate surface area is 132 Å². The summed E-state index contributed by atoms with van der Waals surface area (Å²) in [6.07, 6.45) is 2.90. The highest BCUT2D eigenvalue weighted by molar-refractivity contribution is 5.72. The monoisotopic (exact) mass is 316 g/mol. The Morgan fingerprint density at radius 3 is 2.27 bits per heavy atom. The first-order valence-electron chi connectivity index (χ1n) is 8.12. The first kappa shape index (κ1) is 18.7. The largest absolute Gasteiger partial charge is 0.466 e. The summed E-state index contributed by atoms with van der Waals surface area (Å²) in [7, 11) is 0. The van der Waals surface area contributed by atoms with Crippen LogP contribution in [0.15, 0.2) is 0 Å². The minimum absolute atomic E-state index is 0.0372. The van der Waals surface area contributed by atoms with E-state index in [9.17, 15) is 9.70 Å². The lowest BCUT2D eigenvalue weighted by Crippen LogP contribution is -2.52. The average molecular weight is 316 g/mol. The maximum absolute atomic E-state index is 12.1. The number of ether oxygens (including phenoxy) is 1. The number of nitroso groups, excluding NO2 is 1. The molecule has 7 nitrogen and oxygen atoms in total. The molecule has 0 radical (unpaired) electrons. The Kier molecular flexibility index (Phi) is 7.06. The third-order valence-electron chi connectivity index (χ3n) is 3.88. The van der Waals surface area contributed by atoms with Crippen molar-refractivity contribution >= 4 is 5.97 Å². The zero-order valence-electron chi connectivity index (χ0n) is 14.4. The van der Waals surface area contributed by atoms with Crippen molar-refractivity contribution in [1.82, 2.24) is 10.6 Å². The molecule has 0 atom stereocenters. The SMILES string of the molecule is CCOC(=O)C1CCC(ON[N+](=O)N(CC)C(C)(C)C)CC1.